The number of rotatable bonds is 5. The van der Waals surface area contributed by atoms with Gasteiger partial charge in [-0.3, -0.25) is 4.79 Å². The summed E-state index contributed by atoms with van der Waals surface area (Å²) in [5, 5.41) is -0.144. The van der Waals surface area contributed by atoms with Crippen LogP contribution in [0.4, 0.5) is 14.6 Å². The summed E-state index contributed by atoms with van der Waals surface area (Å²) in [5.74, 6) is -2.20. The van der Waals surface area contributed by atoms with Gasteiger partial charge in [-0.2, -0.15) is 8.78 Å². The second-order valence-corrected chi connectivity index (χ2v) is 7.29. The van der Waals surface area contributed by atoms with Gasteiger partial charge >= 0.3 is 5.97 Å². The van der Waals surface area contributed by atoms with Gasteiger partial charge in [-0.25, -0.2) is 9.97 Å². The summed E-state index contributed by atoms with van der Waals surface area (Å²) in [5.41, 5.74) is -0.285. The lowest BCUT2D eigenvalue weighted by molar-refractivity contribution is -0.141. The molecule has 3 fully saturated rings. The normalized spacial score (nSPS) is 28.7. The number of carbonyl (C=O) groups is 1. The first kappa shape index (κ1) is 16.0. The third-order valence-electron chi connectivity index (χ3n) is 5.44. The maximum Gasteiger partial charge on any atom is 0.305 e. The lowest BCUT2D eigenvalue weighted by atomic mass is 10.1. The van der Waals surface area contributed by atoms with Crippen LogP contribution in [0, 0.1) is 23.7 Å². The second kappa shape index (κ2) is 5.51. The molecule has 0 radical (unpaired) electrons. The average Bonchev–Trinajstić information content (AvgIpc) is 3.45. The van der Waals surface area contributed by atoms with E-state index in [0.717, 1.165) is 0 Å². The Hall–Kier alpha value is -1.50. The van der Waals surface area contributed by atoms with E-state index in [-0.39, 0.29) is 16.9 Å². The molecule has 0 amide bonds. The Morgan fingerprint density at radius 2 is 2.04 bits per heavy atom. The van der Waals surface area contributed by atoms with Crippen LogP contribution in [0.5, 0.6) is 0 Å². The number of carbonyl (C=O) groups excluding carboxylic acids is 1. The van der Waals surface area contributed by atoms with Gasteiger partial charge in [-0.1, -0.05) is 0 Å². The van der Waals surface area contributed by atoms with Crippen LogP contribution in [-0.2, 0) is 15.5 Å². The Kier molecular flexibility index (Phi) is 3.67. The predicted molar refractivity (Wildman–Crippen MR) is 83.0 cm³/mol. The monoisotopic (exact) mass is 357 g/mol. The number of esters is 1. The van der Waals surface area contributed by atoms with Crippen molar-refractivity contribution in [1.82, 2.24) is 9.97 Å². The van der Waals surface area contributed by atoms with Crippen molar-refractivity contribution in [3.05, 3.63) is 17.0 Å². The van der Waals surface area contributed by atoms with Crippen LogP contribution in [0.1, 0.15) is 25.0 Å². The predicted octanol–water partition coefficient (Wildman–Crippen LogP) is 2.88. The van der Waals surface area contributed by atoms with Gasteiger partial charge in [0.05, 0.1) is 7.11 Å². The van der Waals surface area contributed by atoms with Crippen LogP contribution in [0.15, 0.2) is 6.07 Å². The fourth-order valence-corrected chi connectivity index (χ4v) is 3.99. The highest BCUT2D eigenvalue weighted by Gasteiger charge is 2.56. The smallest absolute Gasteiger partial charge is 0.305 e. The van der Waals surface area contributed by atoms with E-state index in [9.17, 15) is 13.6 Å². The van der Waals surface area contributed by atoms with E-state index in [0.29, 0.717) is 55.9 Å². The van der Waals surface area contributed by atoms with E-state index < -0.39 is 11.8 Å². The molecule has 0 bridgehead atoms. The molecule has 2 aliphatic carbocycles. The Morgan fingerprint density at radius 3 is 2.62 bits per heavy atom. The third-order valence-corrected chi connectivity index (χ3v) is 5.61. The Labute approximate surface area is 143 Å². The Morgan fingerprint density at radius 1 is 1.38 bits per heavy atom. The summed E-state index contributed by atoms with van der Waals surface area (Å²) in [6.45, 7) is 1.40. The van der Waals surface area contributed by atoms with E-state index in [4.69, 9.17) is 16.3 Å². The number of ether oxygens (including phenoxy) is 1. The molecule has 3 aliphatic rings. The Balaban J connectivity index is 1.47. The highest BCUT2D eigenvalue weighted by Crippen LogP contribution is 2.55. The third kappa shape index (κ3) is 2.72. The number of anilines is 1. The lowest BCUT2D eigenvalue weighted by Crippen LogP contribution is -2.27. The molecule has 4 rings (SSSR count). The molecule has 2 saturated carbocycles. The zero-order chi connectivity index (χ0) is 17.1. The van der Waals surface area contributed by atoms with Gasteiger partial charge in [0, 0.05) is 31.5 Å². The van der Waals surface area contributed by atoms with Gasteiger partial charge in [0.1, 0.15) is 11.5 Å². The number of halogens is 3. The second-order valence-electron chi connectivity index (χ2n) is 6.95. The molecule has 1 aliphatic heterocycles. The molecule has 5 nitrogen and oxygen atoms in total. The first-order valence-electron chi connectivity index (χ1n) is 8.14. The number of fused-ring (bicyclic) bond motifs is 1. The number of piperidine rings is 1. The van der Waals surface area contributed by atoms with Gasteiger partial charge in [-0.05, 0) is 42.2 Å². The van der Waals surface area contributed by atoms with Crippen molar-refractivity contribution in [2.45, 2.75) is 25.2 Å². The van der Waals surface area contributed by atoms with E-state index in [1.165, 1.54) is 13.2 Å². The van der Waals surface area contributed by atoms with E-state index >= 15 is 0 Å². The van der Waals surface area contributed by atoms with E-state index in [1.807, 2.05) is 4.90 Å². The van der Waals surface area contributed by atoms with Crippen molar-refractivity contribution in [1.29, 1.82) is 0 Å². The van der Waals surface area contributed by atoms with Crippen molar-refractivity contribution < 1.29 is 18.3 Å². The van der Waals surface area contributed by atoms with Crippen LogP contribution in [0.2, 0.25) is 5.28 Å². The lowest BCUT2D eigenvalue weighted by Gasteiger charge is -2.23. The first-order valence-corrected chi connectivity index (χ1v) is 8.52. The maximum absolute atomic E-state index is 14.3. The standard InChI is InChI=1S/C16H18ClF2N3O2/c1-24-14(23)4-9-10-6-22(7-11(9)10)13-5-12(20-15(17)21-13)16(18,19)8-2-3-8/h5,8-11H,2-4,6-7H2,1H3/t9-,10+,11-. The van der Waals surface area contributed by atoms with Crippen LogP contribution in [0.25, 0.3) is 0 Å². The molecule has 0 aromatic carbocycles. The highest BCUT2D eigenvalue weighted by atomic mass is 35.5. The molecule has 0 spiro atoms. The summed E-state index contributed by atoms with van der Waals surface area (Å²) in [6.07, 6.45) is 1.47. The molecule has 2 heterocycles. The molecule has 8 heteroatoms. The molecule has 0 unspecified atom stereocenters. The summed E-state index contributed by atoms with van der Waals surface area (Å²) in [4.78, 5) is 21.2. The van der Waals surface area contributed by atoms with Crippen molar-refractivity contribution in [2.75, 3.05) is 25.1 Å². The number of hydrogen-bond acceptors (Lipinski definition) is 5. The molecule has 130 valence electrons. The minimum Gasteiger partial charge on any atom is -0.469 e. The largest absolute Gasteiger partial charge is 0.469 e. The number of methoxy groups -OCH3 is 1. The van der Waals surface area contributed by atoms with Crippen molar-refractivity contribution in [2.24, 2.45) is 23.7 Å². The molecular weight excluding hydrogens is 340 g/mol. The fraction of sp³-hybridized carbons (Fsp3) is 0.688. The van der Waals surface area contributed by atoms with E-state index in [2.05, 4.69) is 9.97 Å². The van der Waals surface area contributed by atoms with E-state index in [1.54, 1.807) is 0 Å². The number of alkyl halides is 2. The zero-order valence-corrected chi connectivity index (χ0v) is 14.0. The minimum atomic E-state index is -2.95. The van der Waals surface area contributed by atoms with Gasteiger partial charge < -0.3 is 9.64 Å². The average molecular weight is 358 g/mol. The molecule has 0 N–H and O–H groups in total. The summed E-state index contributed by atoms with van der Waals surface area (Å²) >= 11 is 5.88. The first-order chi connectivity index (χ1) is 11.4. The fourth-order valence-electron chi connectivity index (χ4n) is 3.81. The number of hydrogen-bond donors (Lipinski definition) is 0. The summed E-state index contributed by atoms with van der Waals surface area (Å²) in [7, 11) is 1.39. The van der Waals surface area contributed by atoms with Crippen molar-refractivity contribution >= 4 is 23.4 Å². The Bertz CT molecular complexity index is 671. The molecule has 1 aromatic heterocycles. The van der Waals surface area contributed by atoms with Gasteiger partial charge in [0.25, 0.3) is 5.92 Å². The van der Waals surface area contributed by atoms with Crippen LogP contribution in [-0.4, -0.2) is 36.1 Å². The van der Waals surface area contributed by atoms with Gasteiger partial charge in [0.2, 0.25) is 5.28 Å². The van der Waals surface area contributed by atoms with Crippen LogP contribution < -0.4 is 4.90 Å². The molecule has 1 saturated heterocycles. The van der Waals surface area contributed by atoms with Crippen LogP contribution >= 0.6 is 11.6 Å². The summed E-state index contributed by atoms with van der Waals surface area (Å²) < 4.78 is 33.3. The number of nitrogens with zero attached hydrogens (tertiary/aromatic N) is 3. The van der Waals surface area contributed by atoms with Gasteiger partial charge in [-0.15, -0.1) is 0 Å². The molecule has 3 atom stereocenters. The van der Waals surface area contributed by atoms with Crippen molar-refractivity contribution in [3.8, 4) is 0 Å². The van der Waals surface area contributed by atoms with Crippen molar-refractivity contribution in [3.63, 3.8) is 0 Å². The molecule has 24 heavy (non-hydrogen) atoms. The number of aromatic nitrogens is 2. The molecule has 1 aromatic rings. The summed E-state index contributed by atoms with van der Waals surface area (Å²) in [6, 6.07) is 1.37. The topological polar surface area (TPSA) is 55.3 Å². The maximum atomic E-state index is 14.3. The molecular formula is C16H18ClF2N3O2. The zero-order valence-electron chi connectivity index (χ0n) is 13.2. The SMILES string of the molecule is COC(=O)C[C@H]1[C@H]2CN(c3cc(C(F)(F)C4CC4)nc(Cl)n3)C[C@@H]12. The van der Waals surface area contributed by atoms with Crippen LogP contribution in [0.3, 0.4) is 0 Å². The minimum absolute atomic E-state index is 0.144. The highest BCUT2D eigenvalue weighted by molar-refractivity contribution is 6.28. The quantitative estimate of drug-likeness (QED) is 0.599. The van der Waals surface area contributed by atoms with Gasteiger partial charge in [0.15, 0.2) is 0 Å².